The molecule has 11 heteroatoms. The van der Waals surface area contributed by atoms with Crippen molar-refractivity contribution < 1.29 is 27.8 Å². The lowest BCUT2D eigenvalue weighted by Crippen LogP contribution is -2.44. The Morgan fingerprint density at radius 3 is 2.65 bits per heavy atom. The number of hydrogen-bond acceptors (Lipinski definition) is 6. The minimum Gasteiger partial charge on any atom is -0.493 e. The predicted molar refractivity (Wildman–Crippen MR) is 118 cm³/mol. The van der Waals surface area contributed by atoms with Crippen molar-refractivity contribution in [1.82, 2.24) is 10.4 Å². The Bertz CT molecular complexity index is 1090. The predicted octanol–water partition coefficient (Wildman–Crippen LogP) is 4.80. The Morgan fingerprint density at radius 2 is 2.00 bits per heavy atom. The molecule has 0 saturated carbocycles. The first-order chi connectivity index (χ1) is 14.7. The zero-order valence-electron chi connectivity index (χ0n) is 16.1. The van der Waals surface area contributed by atoms with Crippen LogP contribution in [0.4, 0.5) is 8.78 Å². The number of alkyl halides is 2. The number of carbonyl (C=O) groups is 2. The molecule has 1 aliphatic heterocycles. The quantitative estimate of drug-likeness (QED) is 0.469. The number of nitrogens with zero attached hydrogens (tertiary/aromatic N) is 1. The molecule has 162 valence electrons. The van der Waals surface area contributed by atoms with Crippen molar-refractivity contribution in [2.45, 2.75) is 13.5 Å². The number of ether oxygens (including phenoxy) is 2. The summed E-state index contributed by atoms with van der Waals surface area (Å²) in [4.78, 5) is 25.5. The average Bonchev–Trinajstić information content (AvgIpc) is 2.96. The Morgan fingerprint density at radius 1 is 1.26 bits per heavy atom. The van der Waals surface area contributed by atoms with Crippen molar-refractivity contribution in [3.8, 4) is 11.5 Å². The van der Waals surface area contributed by atoms with Crippen molar-refractivity contribution in [2.24, 2.45) is 0 Å². The summed E-state index contributed by atoms with van der Waals surface area (Å²) in [6, 6.07) is 9.14. The number of thiocarbonyl (C=S) groups is 1. The van der Waals surface area contributed by atoms with Crippen molar-refractivity contribution >= 4 is 57.8 Å². The fourth-order valence-corrected chi connectivity index (χ4v) is 4.15. The van der Waals surface area contributed by atoms with E-state index in [0.717, 1.165) is 22.3 Å². The Balaban J connectivity index is 1.79. The molecule has 1 heterocycles. The summed E-state index contributed by atoms with van der Waals surface area (Å²) in [6.07, 6.45) is 1.50. The number of amides is 2. The molecule has 3 rings (SSSR count). The van der Waals surface area contributed by atoms with Gasteiger partial charge in [0.25, 0.3) is 11.8 Å². The Hall–Kier alpha value is -2.69. The molecule has 2 amide bonds. The maximum atomic E-state index is 12.7. The molecule has 1 fully saturated rings. The molecule has 1 aliphatic rings. The van der Waals surface area contributed by atoms with E-state index in [0.29, 0.717) is 5.56 Å². The van der Waals surface area contributed by atoms with Gasteiger partial charge in [-0.25, -0.2) is 0 Å². The van der Waals surface area contributed by atoms with E-state index >= 15 is 0 Å². The normalized spacial score (nSPS) is 15.0. The van der Waals surface area contributed by atoms with Crippen LogP contribution in [0.5, 0.6) is 11.5 Å². The highest BCUT2D eigenvalue weighted by atomic mass is 35.5. The van der Waals surface area contributed by atoms with Crippen molar-refractivity contribution in [2.75, 3.05) is 7.11 Å². The van der Waals surface area contributed by atoms with Gasteiger partial charge in [0, 0.05) is 0 Å². The summed E-state index contributed by atoms with van der Waals surface area (Å²) in [5.74, 6) is -1.19. The zero-order valence-corrected chi connectivity index (χ0v) is 18.5. The molecule has 0 unspecified atom stereocenters. The van der Waals surface area contributed by atoms with E-state index in [-0.39, 0.29) is 31.3 Å². The van der Waals surface area contributed by atoms with Crippen molar-refractivity contribution in [3.05, 3.63) is 63.0 Å². The third-order valence-corrected chi connectivity index (χ3v) is 5.69. The van der Waals surface area contributed by atoms with Crippen LogP contribution in [0, 0.1) is 6.92 Å². The van der Waals surface area contributed by atoms with Gasteiger partial charge >= 0.3 is 6.61 Å². The molecule has 31 heavy (non-hydrogen) atoms. The zero-order chi connectivity index (χ0) is 22.7. The number of carbonyl (C=O) groups excluding carboxylic acids is 2. The maximum absolute atomic E-state index is 12.7. The number of rotatable bonds is 6. The molecular formula is C20H15ClF2N2O4S2. The van der Waals surface area contributed by atoms with Gasteiger partial charge in [-0.3, -0.25) is 15.0 Å². The highest BCUT2D eigenvalue weighted by Gasteiger charge is 2.34. The monoisotopic (exact) mass is 484 g/mol. The van der Waals surface area contributed by atoms with Crippen LogP contribution in [0.1, 0.15) is 21.5 Å². The first-order valence-electron chi connectivity index (χ1n) is 8.67. The van der Waals surface area contributed by atoms with E-state index in [2.05, 4.69) is 10.2 Å². The number of aryl methyl sites for hydroxylation is 1. The van der Waals surface area contributed by atoms with Gasteiger partial charge in [-0.1, -0.05) is 35.5 Å². The van der Waals surface area contributed by atoms with Gasteiger partial charge in [-0.05, 0) is 60.6 Å². The van der Waals surface area contributed by atoms with Gasteiger partial charge in [0.1, 0.15) is 0 Å². The highest BCUT2D eigenvalue weighted by molar-refractivity contribution is 8.26. The summed E-state index contributed by atoms with van der Waals surface area (Å²) in [5.41, 5.74) is 4.03. The van der Waals surface area contributed by atoms with Crippen LogP contribution >= 0.6 is 35.6 Å². The summed E-state index contributed by atoms with van der Waals surface area (Å²) in [6.45, 7) is -1.16. The smallest absolute Gasteiger partial charge is 0.387 e. The second-order valence-electron chi connectivity index (χ2n) is 6.23. The molecule has 6 nitrogen and oxygen atoms in total. The summed E-state index contributed by atoms with van der Waals surface area (Å²) >= 11 is 12.3. The number of nitrogens with one attached hydrogen (secondary N) is 1. The molecule has 1 N–H and O–H groups in total. The van der Waals surface area contributed by atoms with E-state index in [4.69, 9.17) is 28.6 Å². The molecule has 1 saturated heterocycles. The van der Waals surface area contributed by atoms with Crippen LogP contribution < -0.4 is 14.9 Å². The second-order valence-corrected chi connectivity index (χ2v) is 8.31. The van der Waals surface area contributed by atoms with E-state index < -0.39 is 18.4 Å². The molecule has 0 atom stereocenters. The highest BCUT2D eigenvalue weighted by Crippen LogP contribution is 2.34. The number of hydrazine groups is 1. The molecule has 0 bridgehead atoms. The van der Waals surface area contributed by atoms with Gasteiger partial charge in [0.2, 0.25) is 0 Å². The van der Waals surface area contributed by atoms with E-state index in [1.54, 1.807) is 18.2 Å². The van der Waals surface area contributed by atoms with Crippen molar-refractivity contribution in [1.29, 1.82) is 0 Å². The molecule has 0 radical (unpaired) electrons. The van der Waals surface area contributed by atoms with Gasteiger partial charge in [0.15, 0.2) is 15.8 Å². The first kappa shape index (κ1) is 23.0. The lowest BCUT2D eigenvalue weighted by atomic mass is 10.1. The molecule has 2 aromatic carbocycles. The van der Waals surface area contributed by atoms with Crippen LogP contribution in [-0.2, 0) is 4.79 Å². The third kappa shape index (κ3) is 5.33. The summed E-state index contributed by atoms with van der Waals surface area (Å²) in [5, 5.41) is 1.20. The van der Waals surface area contributed by atoms with Crippen LogP contribution in [0.2, 0.25) is 5.02 Å². The van der Waals surface area contributed by atoms with Crippen LogP contribution in [0.15, 0.2) is 41.3 Å². The first-order valence-corrected chi connectivity index (χ1v) is 10.3. The molecule has 2 aromatic rings. The van der Waals surface area contributed by atoms with Crippen LogP contribution in [0.3, 0.4) is 0 Å². The average molecular weight is 485 g/mol. The topological polar surface area (TPSA) is 67.9 Å². The van der Waals surface area contributed by atoms with E-state index in [1.165, 1.54) is 31.4 Å². The van der Waals surface area contributed by atoms with Crippen molar-refractivity contribution in [3.63, 3.8) is 0 Å². The van der Waals surface area contributed by atoms with Gasteiger partial charge < -0.3 is 9.47 Å². The van der Waals surface area contributed by atoms with E-state index in [9.17, 15) is 18.4 Å². The molecule has 0 spiro atoms. The fourth-order valence-electron chi connectivity index (χ4n) is 2.65. The van der Waals surface area contributed by atoms with E-state index in [1.807, 2.05) is 6.92 Å². The number of halogens is 3. The number of methoxy groups -OCH3 is 1. The minimum absolute atomic E-state index is 0.0758. The number of thioether (sulfide) groups is 1. The van der Waals surface area contributed by atoms with Gasteiger partial charge in [-0.15, -0.1) is 0 Å². The lowest BCUT2D eigenvalue weighted by molar-refractivity contribution is -0.123. The van der Waals surface area contributed by atoms with Crippen LogP contribution in [0.25, 0.3) is 6.08 Å². The van der Waals surface area contributed by atoms with Crippen LogP contribution in [-0.4, -0.2) is 34.9 Å². The maximum Gasteiger partial charge on any atom is 0.387 e. The number of hydrogen-bond donors (Lipinski definition) is 1. The molecule has 0 aliphatic carbocycles. The second kappa shape index (κ2) is 9.63. The Labute approximate surface area is 191 Å². The van der Waals surface area contributed by atoms with Gasteiger partial charge in [0.05, 0.1) is 22.6 Å². The van der Waals surface area contributed by atoms with Gasteiger partial charge in [-0.2, -0.15) is 13.8 Å². The molecular weight excluding hydrogens is 470 g/mol. The fraction of sp³-hybridized carbons (Fsp3) is 0.150. The Kier molecular flexibility index (Phi) is 7.14. The largest absolute Gasteiger partial charge is 0.493 e. The molecule has 0 aromatic heterocycles. The lowest BCUT2D eigenvalue weighted by Gasteiger charge is -2.16. The SMILES string of the molecule is COc1cc(/C=C2\SC(=S)N(NC(=O)c3ccc(C)cc3Cl)C2=O)ccc1OC(F)F. The standard InChI is InChI=1S/C20H15ClF2N2O4S2/c1-10-3-5-12(13(21)7-10)17(26)24-25-18(27)16(31-20(25)30)9-11-4-6-14(29-19(22)23)15(8-11)28-2/h3-9,19H,1-2H3,(H,24,26)/b16-9-. The summed E-state index contributed by atoms with van der Waals surface area (Å²) < 4.78 is 34.5. The third-order valence-electron chi connectivity index (χ3n) is 4.08. The minimum atomic E-state index is -3.00. The number of benzene rings is 2. The summed E-state index contributed by atoms with van der Waals surface area (Å²) in [7, 11) is 1.31.